The van der Waals surface area contributed by atoms with Crippen molar-refractivity contribution < 1.29 is 4.79 Å². The molecule has 3 heterocycles. The SMILES string of the molecule is C[C@@H]1CCc2c(sc3nc(SCC(=O)N4CCN(C)CC4)n(-c4ccccc4)c(=O)c23)C1. The lowest BCUT2D eigenvalue weighted by atomic mass is 9.89. The first-order chi connectivity index (χ1) is 15.5. The molecule has 0 radical (unpaired) electrons. The molecule has 0 bridgehead atoms. The van der Waals surface area contributed by atoms with Crippen LogP contribution in [-0.2, 0) is 17.6 Å². The van der Waals surface area contributed by atoms with Crippen molar-refractivity contribution in [3.63, 3.8) is 0 Å². The minimum Gasteiger partial charge on any atom is -0.339 e. The number of para-hydroxylation sites is 1. The highest BCUT2D eigenvalue weighted by Gasteiger charge is 2.26. The van der Waals surface area contributed by atoms with Gasteiger partial charge in [-0.2, -0.15) is 0 Å². The summed E-state index contributed by atoms with van der Waals surface area (Å²) < 4.78 is 1.70. The fraction of sp³-hybridized carbons (Fsp3) is 0.458. The third kappa shape index (κ3) is 4.11. The Labute approximate surface area is 196 Å². The predicted molar refractivity (Wildman–Crippen MR) is 131 cm³/mol. The molecule has 0 spiro atoms. The highest BCUT2D eigenvalue weighted by molar-refractivity contribution is 7.99. The molecule has 1 atom stereocenters. The van der Waals surface area contributed by atoms with Crippen LogP contribution in [0, 0.1) is 5.92 Å². The lowest BCUT2D eigenvalue weighted by Crippen LogP contribution is -2.47. The van der Waals surface area contributed by atoms with Gasteiger partial charge in [-0.05, 0) is 49.9 Å². The van der Waals surface area contributed by atoms with Crippen LogP contribution in [-0.4, -0.2) is 64.2 Å². The minimum atomic E-state index is -0.0113. The second-order valence-electron chi connectivity index (χ2n) is 8.88. The van der Waals surface area contributed by atoms with Crippen molar-refractivity contribution in [2.75, 3.05) is 39.0 Å². The van der Waals surface area contributed by atoms with E-state index in [0.717, 1.165) is 61.3 Å². The summed E-state index contributed by atoms with van der Waals surface area (Å²) in [5.41, 5.74) is 1.98. The maximum Gasteiger partial charge on any atom is 0.267 e. The topological polar surface area (TPSA) is 58.4 Å². The number of fused-ring (bicyclic) bond motifs is 3. The van der Waals surface area contributed by atoms with Crippen molar-refractivity contribution in [3.05, 3.63) is 51.1 Å². The Morgan fingerprint density at radius 1 is 1.19 bits per heavy atom. The van der Waals surface area contributed by atoms with E-state index in [-0.39, 0.29) is 17.2 Å². The number of thioether (sulfide) groups is 1. The van der Waals surface area contributed by atoms with Crippen LogP contribution in [0.5, 0.6) is 0 Å². The van der Waals surface area contributed by atoms with Gasteiger partial charge in [-0.3, -0.25) is 14.2 Å². The molecule has 2 aliphatic rings. The van der Waals surface area contributed by atoms with Gasteiger partial charge in [0, 0.05) is 31.1 Å². The van der Waals surface area contributed by atoms with Gasteiger partial charge in [-0.15, -0.1) is 11.3 Å². The molecule has 168 valence electrons. The van der Waals surface area contributed by atoms with Gasteiger partial charge in [0.1, 0.15) is 4.83 Å². The largest absolute Gasteiger partial charge is 0.339 e. The van der Waals surface area contributed by atoms with Gasteiger partial charge in [-0.25, -0.2) is 4.98 Å². The molecule has 8 heteroatoms. The average Bonchev–Trinajstić information content (AvgIpc) is 3.16. The second-order valence-corrected chi connectivity index (χ2v) is 10.9. The van der Waals surface area contributed by atoms with Crippen molar-refractivity contribution in [1.82, 2.24) is 19.4 Å². The molecular weight excluding hydrogens is 440 g/mol. The first kappa shape index (κ1) is 21.7. The van der Waals surface area contributed by atoms with Gasteiger partial charge in [0.25, 0.3) is 5.56 Å². The first-order valence-corrected chi connectivity index (χ1v) is 13.0. The van der Waals surface area contributed by atoms with Crippen LogP contribution in [0.4, 0.5) is 0 Å². The Kier molecular flexibility index (Phi) is 6.09. The Hall–Kier alpha value is -2.16. The van der Waals surface area contributed by atoms with Gasteiger partial charge < -0.3 is 9.80 Å². The molecule has 0 unspecified atom stereocenters. The number of benzene rings is 1. The number of piperazine rings is 1. The molecule has 0 N–H and O–H groups in total. The summed E-state index contributed by atoms with van der Waals surface area (Å²) in [4.78, 5) is 37.8. The summed E-state index contributed by atoms with van der Waals surface area (Å²) in [7, 11) is 2.08. The number of aromatic nitrogens is 2. The van der Waals surface area contributed by atoms with Crippen LogP contribution >= 0.6 is 23.1 Å². The molecule has 1 aliphatic carbocycles. The van der Waals surface area contributed by atoms with Gasteiger partial charge in [0.2, 0.25) is 5.91 Å². The monoisotopic (exact) mass is 468 g/mol. The molecule has 1 amide bonds. The van der Waals surface area contributed by atoms with Gasteiger partial charge in [0.05, 0.1) is 16.8 Å². The number of likely N-dealkylation sites (N-methyl/N-ethyl adjacent to an activating group) is 1. The van der Waals surface area contributed by atoms with Crippen molar-refractivity contribution >= 4 is 39.2 Å². The number of amides is 1. The highest BCUT2D eigenvalue weighted by Crippen LogP contribution is 2.37. The first-order valence-electron chi connectivity index (χ1n) is 11.2. The molecule has 32 heavy (non-hydrogen) atoms. The quantitative estimate of drug-likeness (QED) is 0.434. The number of rotatable bonds is 4. The second kappa shape index (κ2) is 9.00. The third-order valence-corrected chi connectivity index (χ3v) is 8.57. The molecule has 2 aromatic heterocycles. The zero-order chi connectivity index (χ0) is 22.2. The van der Waals surface area contributed by atoms with Gasteiger partial charge in [-0.1, -0.05) is 36.9 Å². The van der Waals surface area contributed by atoms with Gasteiger partial charge >= 0.3 is 0 Å². The fourth-order valence-electron chi connectivity index (χ4n) is 4.55. The standard InChI is InChI=1S/C24H28N4O2S2/c1-16-8-9-18-19(14-16)32-22-21(18)23(30)28(17-6-4-3-5-7-17)24(25-22)31-15-20(29)27-12-10-26(2)11-13-27/h3-7,16H,8-15H2,1-2H3/t16-/m1/s1. The number of hydrogen-bond donors (Lipinski definition) is 0. The summed E-state index contributed by atoms with van der Waals surface area (Å²) in [5.74, 6) is 1.04. The van der Waals surface area contributed by atoms with Crippen LogP contribution in [0.15, 0.2) is 40.3 Å². The fourth-order valence-corrected chi connectivity index (χ4v) is 6.89. The Morgan fingerprint density at radius 2 is 1.94 bits per heavy atom. The normalized spacial score (nSPS) is 19.3. The number of thiophene rings is 1. The van der Waals surface area contributed by atoms with E-state index in [1.807, 2.05) is 35.2 Å². The number of carbonyl (C=O) groups is 1. The van der Waals surface area contributed by atoms with Gasteiger partial charge in [0.15, 0.2) is 5.16 Å². The van der Waals surface area contributed by atoms with E-state index in [1.165, 1.54) is 22.2 Å². The van der Waals surface area contributed by atoms with Crippen molar-refractivity contribution in [2.24, 2.45) is 5.92 Å². The number of nitrogens with zero attached hydrogens (tertiary/aromatic N) is 4. The number of aryl methyl sites for hydroxylation is 1. The van der Waals surface area contributed by atoms with E-state index in [1.54, 1.807) is 15.9 Å². The van der Waals surface area contributed by atoms with E-state index in [2.05, 4.69) is 18.9 Å². The average molecular weight is 469 g/mol. The van der Waals surface area contributed by atoms with E-state index < -0.39 is 0 Å². The molecule has 6 nitrogen and oxygen atoms in total. The molecular formula is C24H28N4O2S2. The third-order valence-electron chi connectivity index (χ3n) is 6.49. The zero-order valence-corrected chi connectivity index (χ0v) is 20.2. The molecule has 1 aromatic carbocycles. The Balaban J connectivity index is 1.52. The lowest BCUT2D eigenvalue weighted by molar-refractivity contribution is -0.129. The summed E-state index contributed by atoms with van der Waals surface area (Å²) in [5, 5.41) is 1.37. The maximum atomic E-state index is 13.8. The summed E-state index contributed by atoms with van der Waals surface area (Å²) in [6.45, 7) is 5.57. The van der Waals surface area contributed by atoms with Crippen molar-refractivity contribution in [2.45, 2.75) is 31.3 Å². The number of carbonyl (C=O) groups excluding carboxylic acids is 1. The molecule has 5 rings (SSSR count). The summed E-state index contributed by atoms with van der Waals surface area (Å²) >= 11 is 3.03. The van der Waals surface area contributed by atoms with Crippen LogP contribution in [0.25, 0.3) is 15.9 Å². The minimum absolute atomic E-state index is 0.0113. The zero-order valence-electron chi connectivity index (χ0n) is 18.5. The molecule has 1 fully saturated rings. The van der Waals surface area contributed by atoms with Crippen LogP contribution in [0.3, 0.4) is 0 Å². The molecule has 3 aromatic rings. The lowest BCUT2D eigenvalue weighted by Gasteiger charge is -2.32. The van der Waals surface area contributed by atoms with E-state index in [9.17, 15) is 9.59 Å². The van der Waals surface area contributed by atoms with E-state index in [4.69, 9.17) is 4.98 Å². The van der Waals surface area contributed by atoms with E-state index in [0.29, 0.717) is 11.1 Å². The van der Waals surface area contributed by atoms with Crippen molar-refractivity contribution in [1.29, 1.82) is 0 Å². The van der Waals surface area contributed by atoms with Crippen molar-refractivity contribution in [3.8, 4) is 5.69 Å². The maximum absolute atomic E-state index is 13.8. The Morgan fingerprint density at radius 3 is 2.69 bits per heavy atom. The van der Waals surface area contributed by atoms with E-state index >= 15 is 0 Å². The van der Waals surface area contributed by atoms with Crippen LogP contribution < -0.4 is 5.56 Å². The molecule has 1 aliphatic heterocycles. The summed E-state index contributed by atoms with van der Waals surface area (Å²) in [6.07, 6.45) is 3.07. The molecule has 0 saturated carbocycles. The van der Waals surface area contributed by atoms with Crippen LogP contribution in [0.1, 0.15) is 23.8 Å². The predicted octanol–water partition coefficient (Wildman–Crippen LogP) is 3.44. The molecule has 1 saturated heterocycles. The Bertz CT molecular complexity index is 1200. The highest BCUT2D eigenvalue weighted by atomic mass is 32.2. The van der Waals surface area contributed by atoms with Crippen LogP contribution in [0.2, 0.25) is 0 Å². The smallest absolute Gasteiger partial charge is 0.267 e. The summed E-state index contributed by atoms with van der Waals surface area (Å²) in [6, 6.07) is 9.67. The number of hydrogen-bond acceptors (Lipinski definition) is 6.